The maximum Gasteiger partial charge on any atom is 0.268 e. The van der Waals surface area contributed by atoms with Gasteiger partial charge >= 0.3 is 0 Å². The molecule has 0 bridgehead atoms. The highest BCUT2D eigenvalue weighted by molar-refractivity contribution is 8.00. The van der Waals surface area contributed by atoms with Gasteiger partial charge in [0.05, 0.1) is 16.3 Å². The van der Waals surface area contributed by atoms with Crippen LogP contribution in [0.1, 0.15) is 25.1 Å². The molecule has 1 unspecified atom stereocenters. The van der Waals surface area contributed by atoms with E-state index in [0.29, 0.717) is 34.7 Å². The summed E-state index contributed by atoms with van der Waals surface area (Å²) in [5, 5.41) is 6.43. The number of nitrogens with one attached hydrogen (secondary N) is 2. The van der Waals surface area contributed by atoms with Gasteiger partial charge in [-0.05, 0) is 30.2 Å². The first kappa shape index (κ1) is 24.1. The Hall–Kier alpha value is -3.04. The van der Waals surface area contributed by atoms with E-state index >= 15 is 0 Å². The Morgan fingerprint density at radius 3 is 2.59 bits per heavy atom. The molecule has 176 valence electrons. The fraction of sp³-hybridized carbons (Fsp3) is 0.280. The number of benzene rings is 2. The summed E-state index contributed by atoms with van der Waals surface area (Å²) in [6.07, 6.45) is 1.46. The first-order valence-corrected chi connectivity index (χ1v) is 12.9. The molecule has 2 heterocycles. The highest BCUT2D eigenvalue weighted by Gasteiger charge is 2.26. The van der Waals surface area contributed by atoms with Crippen molar-refractivity contribution in [2.75, 3.05) is 16.4 Å². The van der Waals surface area contributed by atoms with Crippen molar-refractivity contribution in [3.8, 4) is 0 Å². The lowest BCUT2D eigenvalue weighted by molar-refractivity contribution is -0.114. The van der Waals surface area contributed by atoms with Gasteiger partial charge in [-0.3, -0.25) is 19.0 Å². The Bertz CT molecular complexity index is 1260. The summed E-state index contributed by atoms with van der Waals surface area (Å²) < 4.78 is 1.70. The summed E-state index contributed by atoms with van der Waals surface area (Å²) in [5.74, 6) is -0.274. The molecule has 2 aromatic carbocycles. The third-order valence-electron chi connectivity index (χ3n) is 5.23. The first-order chi connectivity index (χ1) is 16.4. The zero-order valence-electron chi connectivity index (χ0n) is 19.0. The van der Waals surface area contributed by atoms with Crippen LogP contribution in [-0.4, -0.2) is 32.4 Å². The SMILES string of the molecule is CC(=O)Nc1cccc(NC(=O)CSc2nc3c(c(=O)n2CCc2ccccc2)SC(C)C3)c1. The van der Waals surface area contributed by atoms with Crippen LogP contribution in [-0.2, 0) is 29.0 Å². The van der Waals surface area contributed by atoms with Crippen LogP contribution in [0.3, 0.4) is 0 Å². The molecule has 0 aliphatic carbocycles. The summed E-state index contributed by atoms with van der Waals surface area (Å²) in [6, 6.07) is 17.0. The van der Waals surface area contributed by atoms with Crippen LogP contribution in [0.5, 0.6) is 0 Å². The summed E-state index contributed by atoms with van der Waals surface area (Å²) in [7, 11) is 0. The molecule has 1 aliphatic heterocycles. The molecule has 0 saturated heterocycles. The maximum atomic E-state index is 13.3. The Morgan fingerprint density at radius 2 is 1.85 bits per heavy atom. The summed E-state index contributed by atoms with van der Waals surface area (Å²) >= 11 is 2.85. The molecule has 0 saturated carbocycles. The van der Waals surface area contributed by atoms with Gasteiger partial charge in [-0.15, -0.1) is 11.8 Å². The van der Waals surface area contributed by atoms with Crippen LogP contribution < -0.4 is 16.2 Å². The van der Waals surface area contributed by atoms with Crippen molar-refractivity contribution in [3.05, 3.63) is 76.2 Å². The van der Waals surface area contributed by atoms with E-state index in [4.69, 9.17) is 4.98 Å². The fourth-order valence-electron chi connectivity index (χ4n) is 3.73. The van der Waals surface area contributed by atoms with Crippen molar-refractivity contribution in [2.45, 2.75) is 48.5 Å². The number of aryl methyl sites for hydroxylation is 1. The minimum absolute atomic E-state index is 0.0267. The normalized spacial score (nSPS) is 14.5. The number of aromatic nitrogens is 2. The van der Waals surface area contributed by atoms with E-state index in [0.717, 1.165) is 22.6 Å². The van der Waals surface area contributed by atoms with Crippen molar-refractivity contribution in [2.24, 2.45) is 0 Å². The van der Waals surface area contributed by atoms with E-state index in [-0.39, 0.29) is 23.1 Å². The molecule has 7 nitrogen and oxygen atoms in total. The van der Waals surface area contributed by atoms with Gasteiger partial charge in [0.2, 0.25) is 11.8 Å². The van der Waals surface area contributed by atoms with Crippen molar-refractivity contribution < 1.29 is 9.59 Å². The highest BCUT2D eigenvalue weighted by atomic mass is 32.2. The number of hydrogen-bond donors (Lipinski definition) is 2. The maximum absolute atomic E-state index is 13.3. The van der Waals surface area contributed by atoms with E-state index in [2.05, 4.69) is 17.6 Å². The topological polar surface area (TPSA) is 93.1 Å². The van der Waals surface area contributed by atoms with E-state index in [1.54, 1.807) is 40.6 Å². The van der Waals surface area contributed by atoms with Gasteiger partial charge in [-0.2, -0.15) is 0 Å². The van der Waals surface area contributed by atoms with Gasteiger partial charge in [0.15, 0.2) is 5.16 Å². The third-order valence-corrected chi connectivity index (χ3v) is 7.42. The fourth-order valence-corrected chi connectivity index (χ4v) is 5.69. The van der Waals surface area contributed by atoms with Gasteiger partial charge in [-0.25, -0.2) is 4.98 Å². The third kappa shape index (κ3) is 6.09. The van der Waals surface area contributed by atoms with Crippen molar-refractivity contribution in [1.29, 1.82) is 0 Å². The Balaban J connectivity index is 1.49. The van der Waals surface area contributed by atoms with Gasteiger partial charge in [0, 0.05) is 36.5 Å². The number of rotatable bonds is 8. The lowest BCUT2D eigenvalue weighted by Crippen LogP contribution is -2.27. The summed E-state index contributed by atoms with van der Waals surface area (Å²) in [5.41, 5.74) is 3.14. The average Bonchev–Trinajstić information content (AvgIpc) is 3.18. The lowest BCUT2D eigenvalue weighted by atomic mass is 10.1. The standard InChI is InChI=1S/C25H26N4O3S2/c1-16-13-21-23(34-16)24(32)29(12-11-18-7-4-3-5-8-18)25(28-21)33-15-22(31)27-20-10-6-9-19(14-20)26-17(2)30/h3-10,14,16H,11-13,15H2,1-2H3,(H,26,30)(H,27,31). The van der Waals surface area contributed by atoms with Gasteiger partial charge in [-0.1, -0.05) is 55.1 Å². The molecular formula is C25H26N4O3S2. The van der Waals surface area contributed by atoms with E-state index in [9.17, 15) is 14.4 Å². The first-order valence-electron chi connectivity index (χ1n) is 11.0. The van der Waals surface area contributed by atoms with Crippen LogP contribution in [0.4, 0.5) is 11.4 Å². The van der Waals surface area contributed by atoms with Gasteiger partial charge in [0.25, 0.3) is 5.56 Å². The molecule has 1 aliphatic rings. The molecule has 2 amide bonds. The number of carbonyl (C=O) groups is 2. The number of nitrogens with zero attached hydrogens (tertiary/aromatic N) is 2. The average molecular weight is 495 g/mol. The van der Waals surface area contributed by atoms with E-state index < -0.39 is 0 Å². The zero-order chi connectivity index (χ0) is 24.1. The highest BCUT2D eigenvalue weighted by Crippen LogP contribution is 2.34. The van der Waals surface area contributed by atoms with Crippen LogP contribution in [0.15, 0.2) is 69.4 Å². The number of anilines is 2. The lowest BCUT2D eigenvalue weighted by Gasteiger charge is -2.14. The Labute approximate surface area is 206 Å². The molecule has 0 spiro atoms. The molecule has 2 N–H and O–H groups in total. The predicted molar refractivity (Wildman–Crippen MR) is 138 cm³/mol. The molecule has 3 aromatic rings. The second-order valence-corrected chi connectivity index (χ2v) is 10.5. The quantitative estimate of drug-likeness (QED) is 0.360. The molecular weight excluding hydrogens is 468 g/mol. The Kier molecular flexibility index (Phi) is 7.74. The van der Waals surface area contributed by atoms with Crippen LogP contribution in [0.2, 0.25) is 0 Å². The second-order valence-electron chi connectivity index (χ2n) is 8.09. The van der Waals surface area contributed by atoms with Crippen LogP contribution in [0, 0.1) is 0 Å². The number of amides is 2. The minimum Gasteiger partial charge on any atom is -0.326 e. The molecule has 34 heavy (non-hydrogen) atoms. The summed E-state index contributed by atoms with van der Waals surface area (Å²) in [6.45, 7) is 4.03. The van der Waals surface area contributed by atoms with Crippen molar-refractivity contribution >= 4 is 46.7 Å². The Morgan fingerprint density at radius 1 is 1.12 bits per heavy atom. The minimum atomic E-state index is -0.211. The van der Waals surface area contributed by atoms with Gasteiger partial charge in [0.1, 0.15) is 0 Å². The van der Waals surface area contributed by atoms with Crippen LogP contribution in [0.25, 0.3) is 0 Å². The molecule has 0 fully saturated rings. The summed E-state index contributed by atoms with van der Waals surface area (Å²) in [4.78, 5) is 42.7. The number of thioether (sulfide) groups is 2. The molecule has 9 heteroatoms. The van der Waals surface area contributed by atoms with E-state index in [1.165, 1.54) is 18.7 Å². The molecule has 1 aromatic heterocycles. The van der Waals surface area contributed by atoms with E-state index in [1.807, 2.05) is 30.3 Å². The van der Waals surface area contributed by atoms with Crippen LogP contribution >= 0.6 is 23.5 Å². The molecule has 1 atom stereocenters. The largest absolute Gasteiger partial charge is 0.326 e. The van der Waals surface area contributed by atoms with Gasteiger partial charge < -0.3 is 10.6 Å². The van der Waals surface area contributed by atoms with Crippen molar-refractivity contribution in [1.82, 2.24) is 9.55 Å². The number of carbonyl (C=O) groups excluding carboxylic acids is 2. The van der Waals surface area contributed by atoms with Crippen molar-refractivity contribution in [3.63, 3.8) is 0 Å². The smallest absolute Gasteiger partial charge is 0.268 e. The monoisotopic (exact) mass is 494 g/mol. The number of fused-ring (bicyclic) bond motifs is 1. The number of hydrogen-bond acceptors (Lipinski definition) is 6. The zero-order valence-corrected chi connectivity index (χ0v) is 20.7. The predicted octanol–water partition coefficient (Wildman–Crippen LogP) is 4.21. The second kappa shape index (κ2) is 10.9. The molecule has 4 rings (SSSR count). The molecule has 0 radical (unpaired) electrons.